The number of aryl methyl sites for hydroxylation is 2. The van der Waals surface area contributed by atoms with Crippen LogP contribution in [0.25, 0.3) is 16.6 Å². The molecule has 6 heteroatoms. The normalized spacial score (nSPS) is 10.8. The van der Waals surface area contributed by atoms with Crippen LogP contribution in [0, 0.1) is 0 Å². The van der Waals surface area contributed by atoms with Crippen molar-refractivity contribution in [3.05, 3.63) is 64.0 Å². The van der Waals surface area contributed by atoms with Gasteiger partial charge in [0.25, 0.3) is 5.56 Å². The molecule has 0 aromatic carbocycles. The molecule has 0 amide bonds. The second-order valence-electron chi connectivity index (χ2n) is 5.55. The number of carbonyl (C=O) groups excluding carboxylic acids is 1. The molecule has 0 radical (unpaired) electrons. The Bertz CT molecular complexity index is 994. The molecule has 0 aliphatic heterocycles. The Morgan fingerprint density at radius 3 is 2.52 bits per heavy atom. The Kier molecular flexibility index (Phi) is 4.61. The van der Waals surface area contributed by atoms with Crippen LogP contribution in [-0.2, 0) is 17.6 Å². The molecule has 0 bridgehead atoms. The number of hydrogen-bond donors (Lipinski definition) is 0. The van der Waals surface area contributed by atoms with E-state index in [1.807, 2.05) is 19.9 Å². The van der Waals surface area contributed by atoms with E-state index in [4.69, 9.17) is 4.74 Å². The summed E-state index contributed by atoms with van der Waals surface area (Å²) < 4.78 is 6.38. The van der Waals surface area contributed by atoms with Crippen molar-refractivity contribution in [2.24, 2.45) is 0 Å². The van der Waals surface area contributed by atoms with Gasteiger partial charge in [0.05, 0.1) is 29.4 Å². The van der Waals surface area contributed by atoms with Crippen molar-refractivity contribution in [2.75, 3.05) is 7.11 Å². The number of carbonyl (C=O) groups is 1. The lowest BCUT2D eigenvalue weighted by Crippen LogP contribution is -2.22. The van der Waals surface area contributed by atoms with Crippen LogP contribution >= 0.6 is 0 Å². The first kappa shape index (κ1) is 16.8. The summed E-state index contributed by atoms with van der Waals surface area (Å²) in [5, 5.41) is 1.01. The maximum atomic E-state index is 13.1. The van der Waals surface area contributed by atoms with Gasteiger partial charge in [-0.15, -0.1) is 0 Å². The van der Waals surface area contributed by atoms with Crippen LogP contribution < -0.4 is 5.56 Å². The predicted octanol–water partition coefficient (Wildman–Crippen LogP) is 2.69. The molecule has 3 aromatic rings. The summed E-state index contributed by atoms with van der Waals surface area (Å²) in [4.78, 5) is 34.2. The molecule has 0 atom stereocenters. The predicted molar refractivity (Wildman–Crippen MR) is 95.2 cm³/mol. The molecule has 25 heavy (non-hydrogen) atoms. The van der Waals surface area contributed by atoms with Crippen molar-refractivity contribution in [1.29, 1.82) is 0 Å². The van der Waals surface area contributed by atoms with Gasteiger partial charge < -0.3 is 4.74 Å². The van der Waals surface area contributed by atoms with Gasteiger partial charge in [-0.2, -0.15) is 0 Å². The zero-order valence-electron chi connectivity index (χ0n) is 14.4. The summed E-state index contributed by atoms with van der Waals surface area (Å²) in [6, 6.07) is 7.13. The number of nitrogens with zero attached hydrogens (tertiary/aromatic N) is 3. The Morgan fingerprint density at radius 2 is 1.92 bits per heavy atom. The second-order valence-corrected chi connectivity index (χ2v) is 5.55. The molecule has 3 heterocycles. The van der Waals surface area contributed by atoms with Gasteiger partial charge >= 0.3 is 5.97 Å². The van der Waals surface area contributed by atoms with Crippen molar-refractivity contribution in [3.8, 4) is 5.82 Å². The monoisotopic (exact) mass is 337 g/mol. The first-order valence-corrected chi connectivity index (χ1v) is 8.19. The maximum Gasteiger partial charge on any atom is 0.340 e. The highest BCUT2D eigenvalue weighted by molar-refractivity contribution is 6.05. The van der Waals surface area contributed by atoms with Gasteiger partial charge in [-0.3, -0.25) is 14.3 Å². The van der Waals surface area contributed by atoms with Crippen LogP contribution in [0.4, 0.5) is 0 Å². The largest absolute Gasteiger partial charge is 0.465 e. The zero-order valence-corrected chi connectivity index (χ0v) is 14.4. The topological polar surface area (TPSA) is 74.1 Å². The molecule has 0 N–H and O–H groups in total. The van der Waals surface area contributed by atoms with E-state index in [0.29, 0.717) is 46.4 Å². The van der Waals surface area contributed by atoms with Gasteiger partial charge in [0.1, 0.15) is 5.82 Å². The summed E-state index contributed by atoms with van der Waals surface area (Å²) in [6.45, 7) is 3.87. The van der Waals surface area contributed by atoms with E-state index in [2.05, 4.69) is 9.97 Å². The first-order chi connectivity index (χ1) is 12.1. The average molecular weight is 337 g/mol. The maximum absolute atomic E-state index is 13.1. The summed E-state index contributed by atoms with van der Waals surface area (Å²) in [6.07, 6.45) is 4.44. The lowest BCUT2D eigenvalue weighted by molar-refractivity contribution is 0.0601. The van der Waals surface area contributed by atoms with Crippen LogP contribution in [0.2, 0.25) is 0 Å². The number of fused-ring (bicyclic) bond motifs is 1. The third-order valence-corrected chi connectivity index (χ3v) is 4.16. The fourth-order valence-electron chi connectivity index (χ4n) is 2.97. The van der Waals surface area contributed by atoms with Crippen molar-refractivity contribution in [2.45, 2.75) is 26.7 Å². The van der Waals surface area contributed by atoms with Crippen LogP contribution in [-0.4, -0.2) is 27.6 Å². The smallest absolute Gasteiger partial charge is 0.340 e. The van der Waals surface area contributed by atoms with Gasteiger partial charge in [0.2, 0.25) is 0 Å². The number of esters is 1. The molecule has 6 nitrogen and oxygen atoms in total. The van der Waals surface area contributed by atoms with E-state index in [9.17, 15) is 9.59 Å². The van der Waals surface area contributed by atoms with Crippen molar-refractivity contribution >= 4 is 16.7 Å². The molecule has 0 saturated heterocycles. The second kappa shape index (κ2) is 6.84. The van der Waals surface area contributed by atoms with E-state index < -0.39 is 5.97 Å². The van der Waals surface area contributed by atoms with Crippen LogP contribution in [0.15, 0.2) is 41.5 Å². The van der Waals surface area contributed by atoms with Crippen LogP contribution in [0.3, 0.4) is 0 Å². The average Bonchev–Trinajstić information content (AvgIpc) is 2.66. The fourth-order valence-corrected chi connectivity index (χ4v) is 2.97. The quantitative estimate of drug-likeness (QED) is 0.684. The number of hydrogen-bond acceptors (Lipinski definition) is 5. The third kappa shape index (κ3) is 2.80. The minimum atomic E-state index is -0.480. The highest BCUT2D eigenvalue weighted by atomic mass is 16.5. The standard InChI is InChI=1S/C19H19N3O3/c1-4-13-16-12(17(19(24)25-3)14(5-2)21-13)9-11-22(18(16)23)15-8-6-7-10-20-15/h6-11H,4-5H2,1-3H3. The Labute approximate surface area is 145 Å². The number of pyridine rings is 3. The van der Waals surface area contributed by atoms with Crippen molar-refractivity contribution in [3.63, 3.8) is 0 Å². The molecule has 0 aliphatic rings. The van der Waals surface area contributed by atoms with Crippen LogP contribution in [0.1, 0.15) is 35.6 Å². The molecule has 0 aliphatic carbocycles. The fraction of sp³-hybridized carbons (Fsp3) is 0.263. The number of aromatic nitrogens is 3. The molecule has 0 unspecified atom stereocenters. The Hall–Kier alpha value is -3.02. The number of methoxy groups -OCH3 is 1. The molecule has 128 valence electrons. The molecule has 3 aromatic heterocycles. The van der Waals surface area contributed by atoms with Gasteiger partial charge in [-0.1, -0.05) is 19.9 Å². The summed E-state index contributed by atoms with van der Waals surface area (Å²) in [5.41, 5.74) is 1.44. The van der Waals surface area contributed by atoms with Crippen LogP contribution in [0.5, 0.6) is 0 Å². The lowest BCUT2D eigenvalue weighted by Gasteiger charge is -2.14. The minimum Gasteiger partial charge on any atom is -0.465 e. The number of ether oxygens (including phenoxy) is 1. The Morgan fingerprint density at radius 1 is 1.16 bits per heavy atom. The SMILES string of the molecule is CCc1nc(CC)c2c(=O)n(-c3ccccn3)ccc2c1C(=O)OC. The van der Waals surface area contributed by atoms with Gasteiger partial charge in [-0.25, -0.2) is 9.78 Å². The molecule has 0 spiro atoms. The lowest BCUT2D eigenvalue weighted by atomic mass is 10.0. The van der Waals surface area contributed by atoms with Gasteiger partial charge in [-0.05, 0) is 31.0 Å². The van der Waals surface area contributed by atoms with E-state index >= 15 is 0 Å². The first-order valence-electron chi connectivity index (χ1n) is 8.19. The minimum absolute atomic E-state index is 0.242. The molecule has 0 saturated carbocycles. The molecule has 0 fully saturated rings. The number of rotatable bonds is 4. The zero-order chi connectivity index (χ0) is 18.0. The molecular formula is C19H19N3O3. The highest BCUT2D eigenvalue weighted by Crippen LogP contribution is 2.24. The molecular weight excluding hydrogens is 318 g/mol. The third-order valence-electron chi connectivity index (χ3n) is 4.16. The van der Waals surface area contributed by atoms with Crippen molar-refractivity contribution < 1.29 is 9.53 Å². The van der Waals surface area contributed by atoms with E-state index in [0.717, 1.165) is 0 Å². The van der Waals surface area contributed by atoms with E-state index in [-0.39, 0.29) is 5.56 Å². The highest BCUT2D eigenvalue weighted by Gasteiger charge is 2.21. The van der Waals surface area contributed by atoms with E-state index in [1.165, 1.54) is 11.7 Å². The van der Waals surface area contributed by atoms with Gasteiger partial charge in [0.15, 0.2) is 0 Å². The van der Waals surface area contributed by atoms with E-state index in [1.54, 1.807) is 30.6 Å². The Balaban J connectivity index is 2.42. The van der Waals surface area contributed by atoms with Crippen molar-refractivity contribution in [1.82, 2.24) is 14.5 Å². The summed E-state index contributed by atoms with van der Waals surface area (Å²) in [5.74, 6) is 0.0441. The summed E-state index contributed by atoms with van der Waals surface area (Å²) in [7, 11) is 1.33. The molecule has 3 rings (SSSR count). The summed E-state index contributed by atoms with van der Waals surface area (Å²) >= 11 is 0. The van der Waals surface area contributed by atoms with Gasteiger partial charge in [0, 0.05) is 17.8 Å².